The largest absolute Gasteiger partial charge is 0.302 e. The molecule has 0 unspecified atom stereocenters. The summed E-state index contributed by atoms with van der Waals surface area (Å²) >= 11 is 0. The van der Waals surface area contributed by atoms with Crippen molar-refractivity contribution in [2.45, 2.75) is 32.6 Å². The molecular formula is C22H29N3O. The number of piperidine rings is 1. The lowest BCUT2D eigenvalue weighted by atomic mass is 9.90. The van der Waals surface area contributed by atoms with E-state index in [1.54, 1.807) is 6.20 Å². The molecule has 0 aliphatic carbocycles. The molecule has 4 heteroatoms. The van der Waals surface area contributed by atoms with E-state index in [-0.39, 0.29) is 5.91 Å². The van der Waals surface area contributed by atoms with Gasteiger partial charge in [0.25, 0.3) is 0 Å². The first-order valence-corrected chi connectivity index (χ1v) is 9.74. The smallest absolute Gasteiger partial charge is 0.227 e. The van der Waals surface area contributed by atoms with E-state index in [2.05, 4.69) is 40.2 Å². The molecule has 1 saturated heterocycles. The number of carbonyl (C=O) groups is 1. The van der Waals surface area contributed by atoms with E-state index in [0.717, 1.165) is 31.4 Å². The number of pyridine rings is 1. The predicted molar refractivity (Wildman–Crippen MR) is 106 cm³/mol. The van der Waals surface area contributed by atoms with Crippen LogP contribution in [0, 0.1) is 5.92 Å². The molecule has 0 saturated carbocycles. The van der Waals surface area contributed by atoms with Crippen molar-refractivity contribution in [1.29, 1.82) is 0 Å². The molecule has 3 rings (SSSR count). The summed E-state index contributed by atoms with van der Waals surface area (Å²) < 4.78 is 0. The van der Waals surface area contributed by atoms with Gasteiger partial charge in [-0.05, 0) is 56.0 Å². The summed E-state index contributed by atoms with van der Waals surface area (Å²) in [4.78, 5) is 21.0. The molecule has 1 aromatic heterocycles. The highest BCUT2D eigenvalue weighted by molar-refractivity contribution is 5.92. The Morgan fingerprint density at radius 3 is 2.50 bits per heavy atom. The molecular weight excluding hydrogens is 322 g/mol. The first kappa shape index (κ1) is 18.6. The minimum Gasteiger partial charge on any atom is -0.302 e. The van der Waals surface area contributed by atoms with Gasteiger partial charge in [0.05, 0.1) is 0 Å². The fourth-order valence-corrected chi connectivity index (χ4v) is 3.67. The van der Waals surface area contributed by atoms with Crippen LogP contribution in [0.25, 0.3) is 0 Å². The van der Waals surface area contributed by atoms with Crippen molar-refractivity contribution in [3.8, 4) is 0 Å². The zero-order valence-electron chi connectivity index (χ0n) is 15.7. The molecule has 4 nitrogen and oxygen atoms in total. The molecule has 0 atom stereocenters. The highest BCUT2D eigenvalue weighted by atomic mass is 16.2. The zero-order valence-corrected chi connectivity index (χ0v) is 15.7. The summed E-state index contributed by atoms with van der Waals surface area (Å²) in [5.74, 6) is 1.68. The molecule has 1 amide bonds. The number of carbonyl (C=O) groups excluding carboxylic acids is 1. The topological polar surface area (TPSA) is 36.4 Å². The van der Waals surface area contributed by atoms with Crippen molar-refractivity contribution in [1.82, 2.24) is 9.88 Å². The number of hydrogen-bond acceptors (Lipinski definition) is 3. The third-order valence-electron chi connectivity index (χ3n) is 5.24. The Morgan fingerprint density at radius 2 is 1.85 bits per heavy atom. The second-order valence-electron chi connectivity index (χ2n) is 7.06. The monoisotopic (exact) mass is 351 g/mol. The van der Waals surface area contributed by atoms with Gasteiger partial charge >= 0.3 is 0 Å². The standard InChI is InChI=1S/C22H29N3O/c1-2-22(26)25(21-10-6-7-13-23-21)17-16-24-14-11-20(12-15-24)18-19-8-4-3-5-9-19/h3-10,13,20H,2,11-12,14-18H2,1H3. The molecule has 1 aliphatic heterocycles. The third-order valence-corrected chi connectivity index (χ3v) is 5.24. The minimum absolute atomic E-state index is 0.141. The lowest BCUT2D eigenvalue weighted by Crippen LogP contribution is -2.42. The lowest BCUT2D eigenvalue weighted by Gasteiger charge is -2.33. The van der Waals surface area contributed by atoms with Gasteiger partial charge in [0.2, 0.25) is 5.91 Å². The van der Waals surface area contributed by atoms with Crippen molar-refractivity contribution in [3.63, 3.8) is 0 Å². The quantitative estimate of drug-likeness (QED) is 0.762. The van der Waals surface area contributed by atoms with Crippen LogP contribution in [0.4, 0.5) is 5.82 Å². The number of rotatable bonds is 7. The van der Waals surface area contributed by atoms with E-state index in [9.17, 15) is 4.79 Å². The van der Waals surface area contributed by atoms with Crippen LogP contribution in [0.2, 0.25) is 0 Å². The van der Waals surface area contributed by atoms with Gasteiger partial charge in [-0.2, -0.15) is 0 Å². The van der Waals surface area contributed by atoms with E-state index in [0.29, 0.717) is 13.0 Å². The Hall–Kier alpha value is -2.20. The number of likely N-dealkylation sites (tertiary alicyclic amines) is 1. The van der Waals surface area contributed by atoms with Gasteiger partial charge in [-0.15, -0.1) is 0 Å². The van der Waals surface area contributed by atoms with Crippen molar-refractivity contribution >= 4 is 11.7 Å². The molecule has 26 heavy (non-hydrogen) atoms. The Labute approximate surface area is 156 Å². The molecule has 2 aromatic rings. The highest BCUT2D eigenvalue weighted by Gasteiger charge is 2.21. The van der Waals surface area contributed by atoms with Gasteiger partial charge in [-0.1, -0.05) is 43.3 Å². The fraction of sp³-hybridized carbons (Fsp3) is 0.455. The van der Waals surface area contributed by atoms with Crippen LogP contribution in [0.3, 0.4) is 0 Å². The summed E-state index contributed by atoms with van der Waals surface area (Å²) in [5.41, 5.74) is 1.45. The first-order chi connectivity index (χ1) is 12.8. The molecule has 0 radical (unpaired) electrons. The second-order valence-corrected chi connectivity index (χ2v) is 7.06. The fourth-order valence-electron chi connectivity index (χ4n) is 3.67. The van der Waals surface area contributed by atoms with Crippen LogP contribution in [-0.4, -0.2) is 42.0 Å². The van der Waals surface area contributed by atoms with Gasteiger partial charge in [0.15, 0.2) is 0 Å². The Kier molecular flexibility index (Phi) is 6.78. The molecule has 0 bridgehead atoms. The molecule has 0 spiro atoms. The maximum atomic E-state index is 12.3. The number of aromatic nitrogens is 1. The summed E-state index contributed by atoms with van der Waals surface area (Å²) in [5, 5.41) is 0. The van der Waals surface area contributed by atoms with Gasteiger partial charge in [0.1, 0.15) is 5.82 Å². The summed E-state index contributed by atoms with van der Waals surface area (Å²) in [6.07, 6.45) is 5.92. The minimum atomic E-state index is 0.141. The van der Waals surface area contributed by atoms with E-state index >= 15 is 0 Å². The van der Waals surface area contributed by atoms with Crippen LogP contribution < -0.4 is 4.90 Å². The average molecular weight is 351 g/mol. The SMILES string of the molecule is CCC(=O)N(CCN1CCC(Cc2ccccc2)CC1)c1ccccn1. The normalized spacial score (nSPS) is 15.7. The van der Waals surface area contributed by atoms with Gasteiger partial charge in [-0.3, -0.25) is 9.69 Å². The lowest BCUT2D eigenvalue weighted by molar-refractivity contribution is -0.118. The van der Waals surface area contributed by atoms with Crippen LogP contribution in [-0.2, 0) is 11.2 Å². The maximum Gasteiger partial charge on any atom is 0.227 e. The van der Waals surface area contributed by atoms with Crippen LogP contribution in [0.15, 0.2) is 54.7 Å². The van der Waals surface area contributed by atoms with E-state index < -0.39 is 0 Å². The van der Waals surface area contributed by atoms with Crippen LogP contribution >= 0.6 is 0 Å². The van der Waals surface area contributed by atoms with Crippen molar-refractivity contribution in [2.75, 3.05) is 31.1 Å². The Balaban J connectivity index is 1.48. The molecule has 1 aromatic carbocycles. The van der Waals surface area contributed by atoms with Crippen molar-refractivity contribution in [3.05, 3.63) is 60.3 Å². The summed E-state index contributed by atoms with van der Waals surface area (Å²) in [6.45, 7) is 5.78. The molecule has 0 N–H and O–H groups in total. The molecule has 1 fully saturated rings. The van der Waals surface area contributed by atoms with E-state index in [4.69, 9.17) is 0 Å². The average Bonchev–Trinajstić information content (AvgIpc) is 2.71. The first-order valence-electron chi connectivity index (χ1n) is 9.74. The van der Waals surface area contributed by atoms with Crippen LogP contribution in [0.5, 0.6) is 0 Å². The zero-order chi connectivity index (χ0) is 18.2. The van der Waals surface area contributed by atoms with Gasteiger partial charge in [0, 0.05) is 25.7 Å². The van der Waals surface area contributed by atoms with Crippen molar-refractivity contribution < 1.29 is 4.79 Å². The second kappa shape index (κ2) is 9.48. The summed E-state index contributed by atoms with van der Waals surface area (Å²) in [6, 6.07) is 16.5. The van der Waals surface area contributed by atoms with Gasteiger partial charge in [-0.25, -0.2) is 4.98 Å². The number of hydrogen-bond donors (Lipinski definition) is 0. The van der Waals surface area contributed by atoms with Crippen molar-refractivity contribution in [2.24, 2.45) is 5.92 Å². The Morgan fingerprint density at radius 1 is 1.12 bits per heavy atom. The molecule has 2 heterocycles. The molecule has 138 valence electrons. The number of anilines is 1. The van der Waals surface area contributed by atoms with E-state index in [1.165, 1.54) is 24.8 Å². The highest BCUT2D eigenvalue weighted by Crippen LogP contribution is 2.22. The van der Waals surface area contributed by atoms with Gasteiger partial charge < -0.3 is 4.90 Å². The predicted octanol–water partition coefficient (Wildman–Crippen LogP) is 3.78. The third kappa shape index (κ3) is 5.15. The Bertz CT molecular complexity index is 666. The molecule has 1 aliphatic rings. The number of nitrogens with zero attached hydrogens (tertiary/aromatic N) is 3. The summed E-state index contributed by atoms with van der Waals surface area (Å²) in [7, 11) is 0. The van der Waals surface area contributed by atoms with E-state index in [1.807, 2.05) is 30.0 Å². The number of amides is 1. The number of benzene rings is 1. The van der Waals surface area contributed by atoms with Crippen LogP contribution in [0.1, 0.15) is 31.7 Å². The maximum absolute atomic E-state index is 12.3.